The highest BCUT2D eigenvalue weighted by molar-refractivity contribution is 8.02. The van der Waals surface area contributed by atoms with Crippen LogP contribution in [0, 0.1) is 0 Å². The van der Waals surface area contributed by atoms with Crippen LogP contribution in [-0.2, 0) is 47.1 Å². The van der Waals surface area contributed by atoms with Gasteiger partial charge in [-0.3, -0.25) is 18.7 Å². The van der Waals surface area contributed by atoms with Gasteiger partial charge >= 0.3 is 20.6 Å². The molecule has 18 heteroatoms. The fraction of sp³-hybridized carbons (Fsp3) is 0.176. The molecule has 0 amide bonds. The van der Waals surface area contributed by atoms with Crippen LogP contribution in [0.5, 0.6) is 0 Å². The average Bonchev–Trinajstić information content (AvgIpc) is 2.67. The Labute approximate surface area is 200 Å². The van der Waals surface area contributed by atoms with Crippen LogP contribution in [0.2, 0.25) is 0 Å². The molecule has 0 saturated carbocycles. The molecule has 0 heterocycles. The molecule has 4 N–H and O–H groups in total. The second kappa shape index (κ2) is 8.82. The first-order chi connectivity index (χ1) is 15.9. The molecule has 0 saturated heterocycles. The summed E-state index contributed by atoms with van der Waals surface area (Å²) in [6.07, 6.45) is 0.570. The Balaban J connectivity index is 2.38. The third-order valence-electron chi connectivity index (χ3n) is 4.68. The summed E-state index contributed by atoms with van der Waals surface area (Å²) in [5, 5.41) is 0. The van der Waals surface area contributed by atoms with Crippen molar-refractivity contribution in [1.82, 2.24) is 8.25 Å². The Kier molecular flexibility index (Phi) is 6.81. The third kappa shape index (κ3) is 5.48. The van der Waals surface area contributed by atoms with Gasteiger partial charge in [0.2, 0.25) is 0 Å². The lowest BCUT2D eigenvalue weighted by atomic mass is 9.83. The maximum Gasteiger partial charge on any atom is 0.346 e. The van der Waals surface area contributed by atoms with Crippen LogP contribution in [-0.4, -0.2) is 54.3 Å². The Morgan fingerprint density at radius 1 is 0.714 bits per heavy atom. The number of carbonyl (C=O) groups excluding carboxylic acids is 2. The van der Waals surface area contributed by atoms with Crippen molar-refractivity contribution in [3.63, 3.8) is 0 Å². The molecule has 0 radical (unpaired) electrons. The van der Waals surface area contributed by atoms with Crippen LogP contribution in [0.15, 0.2) is 40.1 Å². The molecular weight excluding hydrogens is 552 g/mol. The lowest BCUT2D eigenvalue weighted by molar-refractivity contribution is 0.0974. The van der Waals surface area contributed by atoms with Crippen molar-refractivity contribution in [3.8, 4) is 0 Å². The minimum Gasteiger partial charge on any atom is -0.289 e. The van der Waals surface area contributed by atoms with Crippen LogP contribution in [0.25, 0.3) is 0 Å². The van der Waals surface area contributed by atoms with Crippen molar-refractivity contribution in [2.24, 2.45) is 0 Å². The Morgan fingerprint density at radius 3 is 1.71 bits per heavy atom. The molecule has 190 valence electrons. The quantitative estimate of drug-likeness (QED) is 0.253. The highest BCUT2D eigenvalue weighted by atomic mass is 32.3. The molecule has 2 aromatic carbocycles. The van der Waals surface area contributed by atoms with Gasteiger partial charge in [-0.05, 0) is 30.2 Å². The third-order valence-corrected chi connectivity index (χ3v) is 9.94. The van der Waals surface area contributed by atoms with E-state index in [1.165, 1.54) is 0 Å². The summed E-state index contributed by atoms with van der Waals surface area (Å²) >= 11 is 0. The van der Waals surface area contributed by atoms with Crippen molar-refractivity contribution in [1.29, 1.82) is 0 Å². The first kappa shape index (κ1) is 27.0. The fourth-order valence-corrected chi connectivity index (χ4v) is 7.99. The Bertz CT molecular complexity index is 1710. The predicted octanol–water partition coefficient (Wildman–Crippen LogP) is -0.423. The molecular formula is C17H16N2O12S4. The monoisotopic (exact) mass is 568 g/mol. The normalized spacial score (nSPS) is 14.5. The molecule has 3 rings (SSSR count). The number of carbonyl (C=O) groups is 2. The maximum absolute atomic E-state index is 13.4. The zero-order chi connectivity index (χ0) is 26.6. The van der Waals surface area contributed by atoms with E-state index >= 15 is 0 Å². The second-order valence-electron chi connectivity index (χ2n) is 7.23. The first-order valence-corrected chi connectivity index (χ1v) is 15.1. The molecule has 14 nitrogen and oxygen atoms in total. The summed E-state index contributed by atoms with van der Waals surface area (Å²) in [5.74, 6) is -2.38. The van der Waals surface area contributed by atoms with Gasteiger partial charge in [0.05, 0.1) is 20.9 Å². The van der Waals surface area contributed by atoms with E-state index in [9.17, 15) is 43.3 Å². The Hall–Kier alpha value is -2.58. The van der Waals surface area contributed by atoms with Gasteiger partial charge in [-0.2, -0.15) is 16.8 Å². The standard InChI is InChI=1S/C17H16N2O12S4/c1-2-4-9-7-11-15(13(8-9)33(24,25)19-35(29,30)31)16(20)10-5-3-6-12(14(10)17(11)21)32(22,23)18-34(26,27)28/h3,5-8,18-19H,2,4H2,1H3,(H,26,27,28)(H,29,30,31). The van der Waals surface area contributed by atoms with Gasteiger partial charge in [0.1, 0.15) is 0 Å². The number of aryl methyl sites for hydroxylation is 1. The molecule has 0 unspecified atom stereocenters. The lowest BCUT2D eigenvalue weighted by Gasteiger charge is -2.23. The molecule has 35 heavy (non-hydrogen) atoms. The number of fused-ring (bicyclic) bond motifs is 2. The zero-order valence-electron chi connectivity index (χ0n) is 17.4. The molecule has 0 atom stereocenters. The van der Waals surface area contributed by atoms with Crippen LogP contribution >= 0.6 is 0 Å². The summed E-state index contributed by atoms with van der Waals surface area (Å²) in [7, 11) is -20.9. The lowest BCUT2D eigenvalue weighted by Crippen LogP contribution is -2.35. The molecule has 1 aliphatic rings. The largest absolute Gasteiger partial charge is 0.346 e. The SMILES string of the molecule is CCCc1cc2c(c(S(=O)(=O)NS(=O)(=O)O)c1)C(=O)c1cccc(S(=O)(=O)NS(=O)(=O)O)c1C2=O. The summed E-state index contributed by atoms with van der Waals surface area (Å²) in [5.41, 5.74) is -2.65. The highest BCUT2D eigenvalue weighted by Gasteiger charge is 2.40. The molecule has 0 aliphatic heterocycles. The van der Waals surface area contributed by atoms with E-state index in [0.29, 0.717) is 6.42 Å². The predicted molar refractivity (Wildman–Crippen MR) is 117 cm³/mol. The number of ketones is 2. The Morgan fingerprint density at radius 2 is 1.20 bits per heavy atom. The number of sulfonamides is 2. The van der Waals surface area contributed by atoms with E-state index in [0.717, 1.165) is 38.6 Å². The number of benzene rings is 2. The molecule has 1 aliphatic carbocycles. The summed E-state index contributed by atoms with van der Waals surface area (Å²) in [6.45, 7) is 1.69. The van der Waals surface area contributed by atoms with Gasteiger partial charge in [0, 0.05) is 11.1 Å². The van der Waals surface area contributed by atoms with Gasteiger partial charge in [-0.15, -0.1) is 0 Å². The molecule has 0 fully saturated rings. The van der Waals surface area contributed by atoms with Crippen molar-refractivity contribution in [2.45, 2.75) is 29.6 Å². The molecule has 2 aromatic rings. The van der Waals surface area contributed by atoms with Crippen molar-refractivity contribution in [2.75, 3.05) is 0 Å². The van der Waals surface area contributed by atoms with Crippen molar-refractivity contribution < 1.29 is 52.4 Å². The average molecular weight is 569 g/mol. The number of hydrogen-bond donors (Lipinski definition) is 4. The summed E-state index contributed by atoms with van der Waals surface area (Å²) in [6, 6.07) is 4.78. The van der Waals surface area contributed by atoms with Crippen LogP contribution in [0.3, 0.4) is 0 Å². The van der Waals surface area contributed by atoms with Gasteiger partial charge in [0.15, 0.2) is 11.6 Å². The molecule has 0 aromatic heterocycles. The van der Waals surface area contributed by atoms with E-state index < -0.39 is 84.3 Å². The fourth-order valence-electron chi connectivity index (χ4n) is 3.55. The second-order valence-corrected chi connectivity index (χ2v) is 13.4. The van der Waals surface area contributed by atoms with Gasteiger partial charge < -0.3 is 0 Å². The van der Waals surface area contributed by atoms with Crippen molar-refractivity contribution >= 4 is 52.2 Å². The summed E-state index contributed by atoms with van der Waals surface area (Å²) < 4.78 is 115. The van der Waals surface area contributed by atoms with Gasteiger partial charge in [-0.1, -0.05) is 33.7 Å². The molecule has 0 spiro atoms. The van der Waals surface area contributed by atoms with E-state index in [4.69, 9.17) is 9.11 Å². The van der Waals surface area contributed by atoms with Crippen LogP contribution in [0.1, 0.15) is 50.8 Å². The van der Waals surface area contributed by atoms with E-state index in [1.54, 1.807) is 6.92 Å². The van der Waals surface area contributed by atoms with Gasteiger partial charge in [-0.25, -0.2) is 16.8 Å². The minimum atomic E-state index is -5.32. The smallest absolute Gasteiger partial charge is 0.289 e. The molecule has 0 bridgehead atoms. The first-order valence-electron chi connectivity index (χ1n) is 9.29. The number of nitrogens with one attached hydrogen (secondary N) is 2. The topological polar surface area (TPSA) is 235 Å². The maximum atomic E-state index is 13.4. The van der Waals surface area contributed by atoms with Crippen molar-refractivity contribution in [3.05, 3.63) is 58.1 Å². The highest BCUT2D eigenvalue weighted by Crippen LogP contribution is 2.36. The van der Waals surface area contributed by atoms with E-state index in [1.807, 2.05) is 0 Å². The zero-order valence-corrected chi connectivity index (χ0v) is 20.7. The number of hydrogen-bond acceptors (Lipinski definition) is 10. The van der Waals surface area contributed by atoms with E-state index in [-0.39, 0.29) is 12.0 Å². The summed E-state index contributed by atoms with van der Waals surface area (Å²) in [4.78, 5) is 24.7. The van der Waals surface area contributed by atoms with E-state index in [2.05, 4.69) is 0 Å². The minimum absolute atomic E-state index is 0.153. The van der Waals surface area contributed by atoms with Crippen LogP contribution in [0.4, 0.5) is 0 Å². The van der Waals surface area contributed by atoms with Gasteiger partial charge in [0.25, 0.3) is 20.0 Å². The van der Waals surface area contributed by atoms with Crippen LogP contribution < -0.4 is 8.25 Å². The number of rotatable bonds is 8.